The Hall–Kier alpha value is -2.91. The predicted molar refractivity (Wildman–Crippen MR) is 84.9 cm³/mol. The number of pyridine rings is 1. The summed E-state index contributed by atoms with van der Waals surface area (Å²) in [6.07, 6.45) is 0.273. The first-order chi connectivity index (χ1) is 12.3. The van der Waals surface area contributed by atoms with E-state index < -0.39 is 30.5 Å². The number of amides is 2. The Labute approximate surface area is 146 Å². The summed E-state index contributed by atoms with van der Waals surface area (Å²) in [5, 5.41) is 6.75. The molecule has 138 valence electrons. The summed E-state index contributed by atoms with van der Waals surface area (Å²) >= 11 is 0. The molecule has 1 aliphatic heterocycles. The fourth-order valence-corrected chi connectivity index (χ4v) is 2.74. The molecule has 0 aliphatic carbocycles. The van der Waals surface area contributed by atoms with Gasteiger partial charge >= 0.3 is 6.18 Å². The summed E-state index contributed by atoms with van der Waals surface area (Å²) in [6, 6.07) is 5.25. The van der Waals surface area contributed by atoms with Gasteiger partial charge in [0.1, 0.15) is 6.54 Å². The molecule has 0 saturated carbocycles. The van der Waals surface area contributed by atoms with E-state index in [2.05, 4.69) is 15.4 Å². The number of rotatable bonds is 5. The molecule has 26 heavy (non-hydrogen) atoms. The third kappa shape index (κ3) is 4.58. The highest BCUT2D eigenvalue weighted by atomic mass is 19.4. The first kappa shape index (κ1) is 17.9. The Morgan fingerprint density at radius 2 is 2.00 bits per heavy atom. The summed E-state index contributed by atoms with van der Waals surface area (Å²) in [5.74, 6) is -1.73. The van der Waals surface area contributed by atoms with Crippen molar-refractivity contribution in [3.05, 3.63) is 42.4 Å². The summed E-state index contributed by atoms with van der Waals surface area (Å²) in [5.41, 5.74) is 0.977. The lowest BCUT2D eigenvalue weighted by Crippen LogP contribution is -2.36. The molecule has 2 amide bonds. The smallest absolute Gasteiger partial charge is 0.333 e. The van der Waals surface area contributed by atoms with Crippen molar-refractivity contribution in [2.75, 3.05) is 18.4 Å². The Morgan fingerprint density at radius 3 is 2.69 bits per heavy atom. The number of carbonyl (C=O) groups is 2. The number of nitrogens with one attached hydrogen (secondary N) is 1. The molecule has 1 atom stereocenters. The average Bonchev–Trinajstić information content (AvgIpc) is 3.14. The van der Waals surface area contributed by atoms with Gasteiger partial charge in [-0.25, -0.2) is 0 Å². The van der Waals surface area contributed by atoms with E-state index in [9.17, 15) is 22.8 Å². The van der Waals surface area contributed by atoms with Gasteiger partial charge in [0.25, 0.3) is 0 Å². The molecule has 10 heteroatoms. The number of halogens is 3. The van der Waals surface area contributed by atoms with Crippen LogP contribution in [0.25, 0.3) is 0 Å². The zero-order valence-corrected chi connectivity index (χ0v) is 13.6. The van der Waals surface area contributed by atoms with Crippen LogP contribution in [0.4, 0.5) is 19.0 Å². The molecule has 3 heterocycles. The van der Waals surface area contributed by atoms with E-state index in [0.717, 1.165) is 5.56 Å². The quantitative estimate of drug-likeness (QED) is 0.872. The van der Waals surface area contributed by atoms with Gasteiger partial charge in [0.15, 0.2) is 5.82 Å². The van der Waals surface area contributed by atoms with Gasteiger partial charge in [0, 0.05) is 37.6 Å². The van der Waals surface area contributed by atoms with Crippen molar-refractivity contribution in [2.45, 2.75) is 19.1 Å². The summed E-state index contributed by atoms with van der Waals surface area (Å²) in [4.78, 5) is 28.4. The molecule has 1 N–H and O–H groups in total. The number of alkyl halides is 3. The SMILES string of the molecule is O=C(Nc1ccn(Cc2ccncc2)n1)C1CC(=O)N(CC(F)(F)F)C1. The van der Waals surface area contributed by atoms with Gasteiger partial charge in [0.2, 0.25) is 11.8 Å². The van der Waals surface area contributed by atoms with E-state index in [0.29, 0.717) is 11.4 Å². The molecular formula is C16H16F3N5O2. The second-order valence-corrected chi connectivity index (χ2v) is 6.03. The van der Waals surface area contributed by atoms with E-state index in [4.69, 9.17) is 0 Å². The number of nitrogens with zero attached hydrogens (tertiary/aromatic N) is 4. The van der Waals surface area contributed by atoms with Crippen LogP contribution in [0.3, 0.4) is 0 Å². The van der Waals surface area contributed by atoms with E-state index >= 15 is 0 Å². The topological polar surface area (TPSA) is 80.1 Å². The van der Waals surface area contributed by atoms with Crippen LogP contribution in [0.2, 0.25) is 0 Å². The van der Waals surface area contributed by atoms with E-state index in [-0.39, 0.29) is 18.8 Å². The van der Waals surface area contributed by atoms with Crippen molar-refractivity contribution in [3.63, 3.8) is 0 Å². The maximum Gasteiger partial charge on any atom is 0.406 e. The van der Waals surface area contributed by atoms with Crippen LogP contribution in [0.1, 0.15) is 12.0 Å². The van der Waals surface area contributed by atoms with E-state index in [1.165, 1.54) is 0 Å². The lowest BCUT2D eigenvalue weighted by molar-refractivity contribution is -0.157. The second kappa shape index (κ2) is 7.14. The Morgan fingerprint density at radius 1 is 1.27 bits per heavy atom. The van der Waals surface area contributed by atoms with E-state index in [1.54, 1.807) is 29.3 Å². The zero-order valence-electron chi connectivity index (χ0n) is 13.6. The minimum Gasteiger partial charge on any atom is -0.333 e. The minimum atomic E-state index is -4.48. The standard InChI is InChI=1S/C16H16F3N5O2/c17-16(18,19)10-23-9-12(7-14(23)25)15(26)21-13-3-6-24(22-13)8-11-1-4-20-5-2-11/h1-6,12H,7-10H2,(H,21,22,26). The first-order valence-corrected chi connectivity index (χ1v) is 7.88. The van der Waals surface area contributed by atoms with Gasteiger partial charge in [-0.15, -0.1) is 0 Å². The van der Waals surface area contributed by atoms with Gasteiger partial charge < -0.3 is 10.2 Å². The third-order valence-corrected chi connectivity index (χ3v) is 3.94. The van der Waals surface area contributed by atoms with Crippen LogP contribution in [-0.4, -0.2) is 50.7 Å². The van der Waals surface area contributed by atoms with Crippen molar-refractivity contribution in [1.82, 2.24) is 19.7 Å². The van der Waals surface area contributed by atoms with E-state index in [1.807, 2.05) is 12.1 Å². The lowest BCUT2D eigenvalue weighted by atomic mass is 10.1. The number of anilines is 1. The molecular weight excluding hydrogens is 351 g/mol. The lowest BCUT2D eigenvalue weighted by Gasteiger charge is -2.18. The first-order valence-electron chi connectivity index (χ1n) is 7.88. The number of likely N-dealkylation sites (tertiary alicyclic amines) is 1. The molecule has 7 nitrogen and oxygen atoms in total. The van der Waals surface area contributed by atoms with Crippen molar-refractivity contribution < 1.29 is 22.8 Å². The maximum absolute atomic E-state index is 12.4. The highest BCUT2D eigenvalue weighted by molar-refractivity contribution is 5.96. The number of hydrogen-bond donors (Lipinski definition) is 1. The van der Waals surface area contributed by atoms with Gasteiger partial charge in [-0.1, -0.05) is 0 Å². The highest BCUT2D eigenvalue weighted by Gasteiger charge is 2.40. The van der Waals surface area contributed by atoms with Gasteiger partial charge in [-0.3, -0.25) is 19.3 Å². The number of hydrogen-bond acceptors (Lipinski definition) is 4. The maximum atomic E-state index is 12.4. The largest absolute Gasteiger partial charge is 0.406 e. The van der Waals surface area contributed by atoms with Crippen LogP contribution in [0.15, 0.2) is 36.8 Å². The Kier molecular flexibility index (Phi) is 4.92. The Bertz CT molecular complexity index is 791. The molecule has 1 saturated heterocycles. The molecule has 2 aromatic heterocycles. The number of aromatic nitrogens is 3. The van der Waals surface area contributed by atoms with Crippen molar-refractivity contribution in [3.8, 4) is 0 Å². The summed E-state index contributed by atoms with van der Waals surface area (Å²) in [7, 11) is 0. The second-order valence-electron chi connectivity index (χ2n) is 6.03. The Balaban J connectivity index is 1.56. The third-order valence-electron chi connectivity index (χ3n) is 3.94. The zero-order chi connectivity index (χ0) is 18.7. The predicted octanol–water partition coefficient (Wildman–Crippen LogP) is 1.68. The van der Waals surface area contributed by atoms with Crippen LogP contribution in [0, 0.1) is 5.92 Å². The van der Waals surface area contributed by atoms with Gasteiger partial charge in [-0.05, 0) is 17.7 Å². The summed E-state index contributed by atoms with van der Waals surface area (Å²) < 4.78 is 38.9. The van der Waals surface area contributed by atoms with Crippen LogP contribution < -0.4 is 5.32 Å². The highest BCUT2D eigenvalue weighted by Crippen LogP contribution is 2.24. The molecule has 0 aromatic carbocycles. The van der Waals surface area contributed by atoms with Crippen LogP contribution >= 0.6 is 0 Å². The van der Waals surface area contributed by atoms with Crippen molar-refractivity contribution >= 4 is 17.6 Å². The van der Waals surface area contributed by atoms with Gasteiger partial charge in [0.05, 0.1) is 12.5 Å². The fourth-order valence-electron chi connectivity index (χ4n) is 2.74. The van der Waals surface area contributed by atoms with Crippen LogP contribution in [0.5, 0.6) is 0 Å². The normalized spacial score (nSPS) is 17.6. The van der Waals surface area contributed by atoms with Crippen molar-refractivity contribution in [1.29, 1.82) is 0 Å². The molecule has 1 aliphatic rings. The van der Waals surface area contributed by atoms with Crippen LogP contribution in [-0.2, 0) is 16.1 Å². The molecule has 3 rings (SSSR count). The van der Waals surface area contributed by atoms with Crippen molar-refractivity contribution in [2.24, 2.45) is 5.92 Å². The average molecular weight is 367 g/mol. The molecule has 2 aromatic rings. The molecule has 0 bridgehead atoms. The molecule has 0 spiro atoms. The summed E-state index contributed by atoms with van der Waals surface area (Å²) in [6.45, 7) is -1.10. The van der Waals surface area contributed by atoms with Gasteiger partial charge in [-0.2, -0.15) is 18.3 Å². The fraction of sp³-hybridized carbons (Fsp3) is 0.375. The monoisotopic (exact) mass is 367 g/mol. The molecule has 1 fully saturated rings. The molecule has 0 radical (unpaired) electrons. The molecule has 1 unspecified atom stereocenters. The minimum absolute atomic E-state index is 0.236. The number of carbonyl (C=O) groups excluding carboxylic acids is 2.